The van der Waals surface area contributed by atoms with Gasteiger partial charge < -0.3 is 21.1 Å². The Kier molecular flexibility index (Phi) is 6.96. The number of hydrogen-bond donors (Lipinski definition) is 3. The van der Waals surface area contributed by atoms with Crippen molar-refractivity contribution in [2.75, 3.05) is 11.1 Å². The van der Waals surface area contributed by atoms with Crippen LogP contribution in [0.1, 0.15) is 49.7 Å². The number of alkyl carbamates (subject to hydrolysis) is 1. The molecule has 1 atom stereocenters. The van der Waals surface area contributed by atoms with E-state index in [0.717, 1.165) is 17.3 Å². The minimum absolute atomic E-state index is 0.0320. The molecular weight excluding hydrogens is 423 g/mol. The normalized spacial score (nSPS) is 12.0. The van der Waals surface area contributed by atoms with Crippen molar-refractivity contribution in [3.63, 3.8) is 0 Å². The number of rotatable bonds is 5. The molecule has 0 aliphatic rings. The largest absolute Gasteiger partial charge is 0.444 e. The van der Waals surface area contributed by atoms with Crippen LogP contribution in [0.4, 0.5) is 20.6 Å². The number of nitrogens with one attached hydrogen (secondary N) is 2. The van der Waals surface area contributed by atoms with Crippen LogP contribution in [0.15, 0.2) is 60.9 Å². The van der Waals surface area contributed by atoms with E-state index in [1.54, 1.807) is 57.2 Å². The molecule has 3 aromatic rings. The van der Waals surface area contributed by atoms with Crippen molar-refractivity contribution in [2.24, 2.45) is 0 Å². The molecule has 0 aliphatic carbocycles. The summed E-state index contributed by atoms with van der Waals surface area (Å²) in [4.78, 5) is 28.8. The maximum Gasteiger partial charge on any atom is 0.408 e. The SMILES string of the molecule is CC(NC(=O)OC(C)(C)C)c1ccc(C(=O)Nc2ccncc2F)cc1-c1cccc(N)c1. The zero-order valence-corrected chi connectivity index (χ0v) is 19.0. The van der Waals surface area contributed by atoms with E-state index in [4.69, 9.17) is 10.5 Å². The predicted octanol–water partition coefficient (Wildman–Crippen LogP) is 5.31. The molecule has 1 heterocycles. The van der Waals surface area contributed by atoms with Gasteiger partial charge in [-0.15, -0.1) is 0 Å². The molecule has 7 nitrogen and oxygen atoms in total. The summed E-state index contributed by atoms with van der Waals surface area (Å²) < 4.78 is 19.3. The van der Waals surface area contributed by atoms with Gasteiger partial charge in [-0.1, -0.05) is 18.2 Å². The fourth-order valence-corrected chi connectivity index (χ4v) is 3.26. The lowest BCUT2D eigenvalue weighted by Gasteiger charge is -2.23. The van der Waals surface area contributed by atoms with Crippen LogP contribution in [-0.2, 0) is 4.74 Å². The quantitative estimate of drug-likeness (QED) is 0.457. The van der Waals surface area contributed by atoms with Gasteiger partial charge in [0.05, 0.1) is 17.9 Å². The number of carbonyl (C=O) groups is 2. The molecule has 0 saturated heterocycles. The minimum atomic E-state index is -0.634. The fourth-order valence-electron chi connectivity index (χ4n) is 3.26. The average molecular weight is 451 g/mol. The third-order valence-electron chi connectivity index (χ3n) is 4.73. The number of halogens is 1. The molecule has 0 bridgehead atoms. The van der Waals surface area contributed by atoms with E-state index in [-0.39, 0.29) is 5.69 Å². The van der Waals surface area contributed by atoms with E-state index in [2.05, 4.69) is 15.6 Å². The van der Waals surface area contributed by atoms with Crippen LogP contribution in [0.3, 0.4) is 0 Å². The number of amides is 2. The Morgan fingerprint density at radius 2 is 1.88 bits per heavy atom. The maximum absolute atomic E-state index is 13.9. The van der Waals surface area contributed by atoms with Crippen molar-refractivity contribution >= 4 is 23.4 Å². The molecule has 2 aromatic carbocycles. The highest BCUT2D eigenvalue weighted by atomic mass is 19.1. The van der Waals surface area contributed by atoms with E-state index < -0.39 is 29.5 Å². The Balaban J connectivity index is 1.96. The number of carbonyl (C=O) groups excluding carboxylic acids is 2. The number of nitrogens with zero attached hydrogens (tertiary/aromatic N) is 1. The van der Waals surface area contributed by atoms with Crippen LogP contribution in [-0.4, -0.2) is 22.6 Å². The maximum atomic E-state index is 13.9. The summed E-state index contributed by atoms with van der Waals surface area (Å²) in [6.45, 7) is 7.18. The van der Waals surface area contributed by atoms with Gasteiger partial charge in [-0.25, -0.2) is 9.18 Å². The molecule has 0 fully saturated rings. The van der Waals surface area contributed by atoms with Gasteiger partial charge in [0.1, 0.15) is 5.60 Å². The summed E-state index contributed by atoms with van der Waals surface area (Å²) in [6.07, 6.45) is 1.87. The van der Waals surface area contributed by atoms with E-state index in [1.165, 1.54) is 12.3 Å². The number of nitrogen functional groups attached to an aromatic ring is 1. The van der Waals surface area contributed by atoms with E-state index >= 15 is 0 Å². The molecule has 0 radical (unpaired) electrons. The summed E-state index contributed by atoms with van der Waals surface area (Å²) in [5.74, 6) is -1.11. The van der Waals surface area contributed by atoms with Gasteiger partial charge in [0.15, 0.2) is 5.82 Å². The van der Waals surface area contributed by atoms with Crippen LogP contribution in [0, 0.1) is 5.82 Å². The van der Waals surface area contributed by atoms with Gasteiger partial charge in [-0.3, -0.25) is 9.78 Å². The lowest BCUT2D eigenvalue weighted by atomic mass is 9.93. The predicted molar refractivity (Wildman–Crippen MR) is 126 cm³/mol. The Morgan fingerprint density at radius 3 is 2.55 bits per heavy atom. The number of anilines is 2. The van der Waals surface area contributed by atoms with E-state index in [0.29, 0.717) is 16.8 Å². The molecule has 0 saturated carbocycles. The Bertz CT molecular complexity index is 1170. The summed E-state index contributed by atoms with van der Waals surface area (Å²) in [5.41, 5.74) is 8.48. The number of ether oxygens (including phenoxy) is 1. The first-order valence-corrected chi connectivity index (χ1v) is 10.4. The minimum Gasteiger partial charge on any atom is -0.444 e. The summed E-state index contributed by atoms with van der Waals surface area (Å²) in [6, 6.07) is 13.2. The van der Waals surface area contributed by atoms with Gasteiger partial charge in [0.25, 0.3) is 5.91 Å². The molecule has 4 N–H and O–H groups in total. The van der Waals surface area contributed by atoms with Crippen molar-refractivity contribution in [1.29, 1.82) is 0 Å². The number of hydrogen-bond acceptors (Lipinski definition) is 5. The van der Waals surface area contributed by atoms with Crippen molar-refractivity contribution in [2.45, 2.75) is 39.3 Å². The summed E-state index contributed by atoms with van der Waals surface area (Å²) in [7, 11) is 0. The van der Waals surface area contributed by atoms with Crippen LogP contribution >= 0.6 is 0 Å². The molecule has 0 aliphatic heterocycles. The van der Waals surface area contributed by atoms with Gasteiger partial charge in [-0.2, -0.15) is 0 Å². The monoisotopic (exact) mass is 450 g/mol. The zero-order valence-electron chi connectivity index (χ0n) is 19.0. The van der Waals surface area contributed by atoms with Crippen molar-refractivity contribution in [1.82, 2.24) is 10.3 Å². The van der Waals surface area contributed by atoms with Gasteiger partial charge in [0, 0.05) is 17.4 Å². The Labute approximate surface area is 192 Å². The van der Waals surface area contributed by atoms with Gasteiger partial charge in [0.2, 0.25) is 0 Å². The first-order chi connectivity index (χ1) is 15.5. The number of nitrogens with two attached hydrogens (primary N) is 1. The first-order valence-electron chi connectivity index (χ1n) is 10.4. The standard InChI is InChI=1S/C25H27FN4O3/c1-15(29-24(32)33-25(2,3)4)19-9-8-17(13-20(19)16-6-5-7-18(27)12-16)23(31)30-22-10-11-28-14-21(22)26/h5-15H,27H2,1-4H3,(H,29,32)(H,28,30,31). The highest BCUT2D eigenvalue weighted by Gasteiger charge is 2.21. The van der Waals surface area contributed by atoms with Gasteiger partial charge >= 0.3 is 6.09 Å². The van der Waals surface area contributed by atoms with Crippen molar-refractivity contribution in [3.05, 3.63) is 77.9 Å². The highest BCUT2D eigenvalue weighted by Crippen LogP contribution is 2.31. The lowest BCUT2D eigenvalue weighted by molar-refractivity contribution is 0.0508. The molecule has 1 aromatic heterocycles. The second kappa shape index (κ2) is 9.68. The first kappa shape index (κ1) is 23.7. The van der Waals surface area contributed by atoms with Crippen LogP contribution in [0.2, 0.25) is 0 Å². The average Bonchev–Trinajstić information content (AvgIpc) is 2.73. The number of aromatic nitrogens is 1. The molecule has 3 rings (SSSR count). The van der Waals surface area contributed by atoms with Gasteiger partial charge in [-0.05, 0) is 74.7 Å². The molecule has 172 valence electrons. The molecule has 2 amide bonds. The molecule has 1 unspecified atom stereocenters. The molecule has 0 spiro atoms. The number of pyridine rings is 1. The Hall–Kier alpha value is -3.94. The van der Waals surface area contributed by atoms with Crippen molar-refractivity contribution in [3.8, 4) is 11.1 Å². The second-order valence-electron chi connectivity index (χ2n) is 8.61. The topological polar surface area (TPSA) is 106 Å². The van der Waals surface area contributed by atoms with Crippen molar-refractivity contribution < 1.29 is 18.7 Å². The summed E-state index contributed by atoms with van der Waals surface area (Å²) in [5, 5.41) is 5.38. The molecular formula is C25H27FN4O3. The molecule has 33 heavy (non-hydrogen) atoms. The fraction of sp³-hybridized carbons (Fsp3) is 0.240. The molecule has 8 heteroatoms. The summed E-state index contributed by atoms with van der Waals surface area (Å²) >= 11 is 0. The number of benzene rings is 2. The zero-order chi connectivity index (χ0) is 24.2. The third-order valence-corrected chi connectivity index (χ3v) is 4.73. The third kappa shape index (κ3) is 6.29. The highest BCUT2D eigenvalue weighted by molar-refractivity contribution is 6.05. The van der Waals surface area contributed by atoms with E-state index in [1.807, 2.05) is 13.0 Å². The lowest BCUT2D eigenvalue weighted by Crippen LogP contribution is -2.34. The smallest absolute Gasteiger partial charge is 0.408 e. The Morgan fingerprint density at radius 1 is 1.12 bits per heavy atom. The van der Waals surface area contributed by atoms with E-state index in [9.17, 15) is 14.0 Å². The van der Waals surface area contributed by atoms with Crippen LogP contribution < -0.4 is 16.4 Å². The second-order valence-corrected chi connectivity index (χ2v) is 8.61. The van der Waals surface area contributed by atoms with Crippen LogP contribution in [0.5, 0.6) is 0 Å². The van der Waals surface area contributed by atoms with Crippen LogP contribution in [0.25, 0.3) is 11.1 Å².